The lowest BCUT2D eigenvalue weighted by Gasteiger charge is -2.33. The third-order valence-electron chi connectivity index (χ3n) is 4.20. The van der Waals surface area contributed by atoms with Crippen molar-refractivity contribution in [1.29, 1.82) is 0 Å². The molecule has 25 heavy (non-hydrogen) atoms. The van der Waals surface area contributed by atoms with Crippen LogP contribution in [0.4, 0.5) is 0 Å². The van der Waals surface area contributed by atoms with E-state index in [1.54, 1.807) is 13.8 Å². The van der Waals surface area contributed by atoms with Gasteiger partial charge in [0.25, 0.3) is 0 Å². The highest BCUT2D eigenvalue weighted by Crippen LogP contribution is 2.23. The van der Waals surface area contributed by atoms with Gasteiger partial charge in [0, 0.05) is 38.8 Å². The number of nitrogens with zero attached hydrogens (tertiary/aromatic N) is 2. The molecule has 144 valence electrons. The maximum atomic E-state index is 12.9. The Hall–Kier alpha value is -0.710. The van der Waals surface area contributed by atoms with Gasteiger partial charge in [-0.1, -0.05) is 19.9 Å². The van der Waals surface area contributed by atoms with Crippen molar-refractivity contribution in [3.05, 3.63) is 24.3 Å². The van der Waals surface area contributed by atoms with Crippen molar-refractivity contribution >= 4 is 32.5 Å². The Morgan fingerprint density at radius 3 is 2.32 bits per heavy atom. The normalized spacial score (nSPS) is 19.6. The molecule has 0 amide bonds. The molecule has 0 aliphatic carbocycles. The Bertz CT molecular complexity index is 780. The first-order chi connectivity index (χ1) is 11.2. The average Bonchev–Trinajstić information content (AvgIpc) is 2.56. The summed E-state index contributed by atoms with van der Waals surface area (Å²) in [5.41, 5.74) is 0. The fraction of sp³-hybridized carbons (Fsp3) is 0.600. The van der Waals surface area contributed by atoms with Crippen LogP contribution in [0.1, 0.15) is 20.8 Å². The molecule has 1 fully saturated rings. The van der Waals surface area contributed by atoms with E-state index in [1.165, 1.54) is 32.9 Å². The lowest BCUT2D eigenvalue weighted by atomic mass is 10.3. The van der Waals surface area contributed by atoms with E-state index in [2.05, 4.69) is 5.32 Å². The topological polar surface area (TPSA) is 86.8 Å². The number of hydrogen-bond donors (Lipinski definition) is 1. The highest BCUT2D eigenvalue weighted by molar-refractivity contribution is 7.90. The first-order valence-electron chi connectivity index (χ1n) is 8.08. The molecule has 0 unspecified atom stereocenters. The highest BCUT2D eigenvalue weighted by Gasteiger charge is 2.32. The molecule has 1 saturated heterocycles. The molecule has 1 aliphatic heterocycles. The Labute approximate surface area is 156 Å². The Balaban J connectivity index is 0.00000312. The number of piperazine rings is 1. The SMILES string of the molecule is CCN(CC)S(=O)(=O)c1cccc(S(=O)(=O)N2CCNC[C@@H]2C)c1.Cl. The van der Waals surface area contributed by atoms with Crippen molar-refractivity contribution < 1.29 is 16.8 Å². The molecule has 1 atom stereocenters. The number of rotatable bonds is 6. The number of hydrogen-bond acceptors (Lipinski definition) is 5. The van der Waals surface area contributed by atoms with E-state index in [9.17, 15) is 16.8 Å². The third-order valence-corrected chi connectivity index (χ3v) is 8.25. The van der Waals surface area contributed by atoms with E-state index in [4.69, 9.17) is 0 Å². The van der Waals surface area contributed by atoms with Crippen molar-refractivity contribution in [2.45, 2.75) is 36.6 Å². The van der Waals surface area contributed by atoms with Crippen LogP contribution in [0, 0.1) is 0 Å². The zero-order valence-electron chi connectivity index (χ0n) is 14.7. The van der Waals surface area contributed by atoms with Crippen molar-refractivity contribution in [3.8, 4) is 0 Å². The second kappa shape index (κ2) is 8.79. The maximum Gasteiger partial charge on any atom is 0.243 e. The fourth-order valence-electron chi connectivity index (χ4n) is 2.82. The molecule has 1 N–H and O–H groups in total. The molecule has 0 bridgehead atoms. The number of sulfonamides is 2. The molecule has 1 heterocycles. The Kier molecular flexibility index (Phi) is 7.85. The molecule has 0 radical (unpaired) electrons. The molecule has 0 spiro atoms. The number of benzene rings is 1. The number of nitrogens with one attached hydrogen (secondary N) is 1. The van der Waals surface area contributed by atoms with Crippen molar-refractivity contribution in [2.75, 3.05) is 32.7 Å². The first-order valence-corrected chi connectivity index (χ1v) is 11.0. The third kappa shape index (κ3) is 4.53. The minimum atomic E-state index is -3.72. The minimum Gasteiger partial charge on any atom is -0.314 e. The van der Waals surface area contributed by atoms with Crippen LogP contribution < -0.4 is 5.32 Å². The minimum absolute atomic E-state index is 0. The van der Waals surface area contributed by atoms with Crippen molar-refractivity contribution in [1.82, 2.24) is 13.9 Å². The second-order valence-electron chi connectivity index (χ2n) is 5.73. The Morgan fingerprint density at radius 1 is 1.16 bits per heavy atom. The van der Waals surface area contributed by atoms with Crippen LogP contribution in [0.15, 0.2) is 34.1 Å². The van der Waals surface area contributed by atoms with Gasteiger partial charge < -0.3 is 5.32 Å². The van der Waals surface area contributed by atoms with Crippen LogP contribution in [-0.4, -0.2) is 64.2 Å². The van der Waals surface area contributed by atoms with E-state index in [0.717, 1.165) is 0 Å². The van der Waals surface area contributed by atoms with Gasteiger partial charge in [0.05, 0.1) is 9.79 Å². The largest absolute Gasteiger partial charge is 0.314 e. The summed E-state index contributed by atoms with van der Waals surface area (Å²) in [6, 6.07) is 5.46. The number of halogens is 1. The van der Waals surface area contributed by atoms with Crippen LogP contribution in [0.5, 0.6) is 0 Å². The molecule has 2 rings (SSSR count). The quantitative estimate of drug-likeness (QED) is 0.758. The van der Waals surface area contributed by atoms with Crippen LogP contribution in [0.2, 0.25) is 0 Å². The van der Waals surface area contributed by atoms with Crippen molar-refractivity contribution in [2.24, 2.45) is 0 Å². The molecule has 7 nitrogen and oxygen atoms in total. The van der Waals surface area contributed by atoms with Gasteiger partial charge in [-0.15, -0.1) is 12.4 Å². The standard InChI is InChI=1S/C15H25N3O4S2.ClH/c1-4-17(5-2)23(19,20)14-7-6-8-15(11-14)24(21,22)18-10-9-16-12-13(18)3;/h6-8,11,13,16H,4-5,9-10,12H2,1-3H3;1H/t13-;/m0./s1. The molecular formula is C15H26ClN3O4S2. The van der Waals surface area contributed by atoms with E-state index in [-0.39, 0.29) is 28.2 Å². The van der Waals surface area contributed by atoms with Gasteiger partial charge >= 0.3 is 0 Å². The summed E-state index contributed by atoms with van der Waals surface area (Å²) in [7, 11) is -7.41. The summed E-state index contributed by atoms with van der Waals surface area (Å²) in [5.74, 6) is 0. The molecule has 10 heteroatoms. The lowest BCUT2D eigenvalue weighted by molar-refractivity contribution is 0.284. The van der Waals surface area contributed by atoms with Gasteiger partial charge in [-0.25, -0.2) is 16.8 Å². The smallest absolute Gasteiger partial charge is 0.243 e. The lowest BCUT2D eigenvalue weighted by Crippen LogP contribution is -2.52. The fourth-order valence-corrected chi connectivity index (χ4v) is 6.08. The molecule has 0 saturated carbocycles. The zero-order valence-corrected chi connectivity index (χ0v) is 17.1. The monoisotopic (exact) mass is 411 g/mol. The van der Waals surface area contributed by atoms with E-state index in [0.29, 0.717) is 32.7 Å². The van der Waals surface area contributed by atoms with Crippen LogP contribution in [0.25, 0.3) is 0 Å². The first kappa shape index (κ1) is 22.3. The summed E-state index contributed by atoms with van der Waals surface area (Å²) in [6.07, 6.45) is 0. The molecule has 0 aromatic heterocycles. The molecule has 1 aromatic rings. The summed E-state index contributed by atoms with van der Waals surface area (Å²) >= 11 is 0. The van der Waals surface area contributed by atoms with Crippen LogP contribution in [0.3, 0.4) is 0 Å². The van der Waals surface area contributed by atoms with Gasteiger partial charge in [0.15, 0.2) is 0 Å². The van der Waals surface area contributed by atoms with E-state index < -0.39 is 20.0 Å². The molecule has 1 aliphatic rings. The zero-order chi connectivity index (χ0) is 18.0. The highest BCUT2D eigenvalue weighted by atomic mass is 35.5. The van der Waals surface area contributed by atoms with Crippen LogP contribution in [-0.2, 0) is 20.0 Å². The van der Waals surface area contributed by atoms with Gasteiger partial charge in [0.1, 0.15) is 0 Å². The average molecular weight is 412 g/mol. The summed E-state index contributed by atoms with van der Waals surface area (Å²) in [4.78, 5) is 0.0274. The van der Waals surface area contributed by atoms with Crippen LogP contribution >= 0.6 is 12.4 Å². The van der Waals surface area contributed by atoms with Gasteiger partial charge in [-0.05, 0) is 25.1 Å². The van der Waals surface area contributed by atoms with Gasteiger partial charge in [-0.3, -0.25) is 0 Å². The molecule has 1 aromatic carbocycles. The van der Waals surface area contributed by atoms with E-state index >= 15 is 0 Å². The van der Waals surface area contributed by atoms with E-state index in [1.807, 2.05) is 6.92 Å². The van der Waals surface area contributed by atoms with Gasteiger partial charge in [-0.2, -0.15) is 8.61 Å². The summed E-state index contributed by atoms with van der Waals surface area (Å²) < 4.78 is 53.7. The molecular weight excluding hydrogens is 386 g/mol. The summed E-state index contributed by atoms with van der Waals surface area (Å²) in [5, 5.41) is 3.15. The Morgan fingerprint density at radius 2 is 1.76 bits per heavy atom. The summed E-state index contributed by atoms with van der Waals surface area (Å²) in [6.45, 7) is 7.55. The van der Waals surface area contributed by atoms with Gasteiger partial charge in [0.2, 0.25) is 20.0 Å². The predicted octanol–water partition coefficient (Wildman–Crippen LogP) is 1.12. The maximum absolute atomic E-state index is 12.9. The second-order valence-corrected chi connectivity index (χ2v) is 9.56. The predicted molar refractivity (Wildman–Crippen MR) is 100 cm³/mol. The van der Waals surface area contributed by atoms with Crippen molar-refractivity contribution in [3.63, 3.8) is 0 Å².